The molecule has 0 unspecified atom stereocenters. The fourth-order valence-corrected chi connectivity index (χ4v) is 2.78. The van der Waals surface area contributed by atoms with E-state index < -0.39 is 60.5 Å². The maximum atomic E-state index is 11.6. The lowest BCUT2D eigenvalue weighted by atomic mass is 9.99. The van der Waals surface area contributed by atoms with Crippen LogP contribution in [0.1, 0.15) is 40.5 Å². The van der Waals surface area contributed by atoms with Crippen molar-refractivity contribution in [3.63, 3.8) is 0 Å². The number of ether oxygens (including phenoxy) is 5. The Labute approximate surface area is 173 Å². The van der Waals surface area contributed by atoms with Gasteiger partial charge in [0.2, 0.25) is 5.91 Å². The fraction of sp³-hybridized carbons (Fsp3) is 0.722. The van der Waals surface area contributed by atoms with Gasteiger partial charge in [0.15, 0.2) is 24.6 Å². The summed E-state index contributed by atoms with van der Waals surface area (Å²) in [6.07, 6.45) is -5.85. The van der Waals surface area contributed by atoms with Crippen molar-refractivity contribution in [2.24, 2.45) is 0 Å². The Kier molecular flexibility index (Phi) is 10.2. The Morgan fingerprint density at radius 3 is 1.93 bits per heavy atom. The molecule has 1 aliphatic heterocycles. The molecule has 0 aliphatic carbocycles. The third kappa shape index (κ3) is 8.74. The van der Waals surface area contributed by atoms with Crippen molar-refractivity contribution < 1.29 is 52.8 Å². The minimum Gasteiger partial charge on any atom is -0.481 e. The van der Waals surface area contributed by atoms with E-state index in [4.69, 9.17) is 28.8 Å². The van der Waals surface area contributed by atoms with E-state index in [1.54, 1.807) is 6.92 Å². The number of carboxylic acid groups (broad SMARTS) is 1. The summed E-state index contributed by atoms with van der Waals surface area (Å²) in [5.41, 5.74) is 0. The Bertz CT molecular complexity index is 650. The second-order valence-corrected chi connectivity index (χ2v) is 6.55. The summed E-state index contributed by atoms with van der Waals surface area (Å²) in [4.78, 5) is 56.6. The molecule has 2 N–H and O–H groups in total. The first-order chi connectivity index (χ1) is 14.0. The van der Waals surface area contributed by atoms with Crippen molar-refractivity contribution in [3.05, 3.63) is 0 Å². The summed E-state index contributed by atoms with van der Waals surface area (Å²) >= 11 is 0. The fourth-order valence-electron chi connectivity index (χ4n) is 2.78. The molecule has 0 aromatic rings. The van der Waals surface area contributed by atoms with Gasteiger partial charge in [-0.1, -0.05) is 0 Å². The maximum absolute atomic E-state index is 11.6. The van der Waals surface area contributed by atoms with Crippen molar-refractivity contribution in [1.82, 2.24) is 5.32 Å². The zero-order valence-corrected chi connectivity index (χ0v) is 17.2. The van der Waals surface area contributed by atoms with Crippen molar-refractivity contribution in [2.75, 3.05) is 13.2 Å². The minimum atomic E-state index is -1.23. The largest absolute Gasteiger partial charge is 0.481 e. The second kappa shape index (κ2) is 12.1. The molecule has 1 amide bonds. The lowest BCUT2D eigenvalue weighted by Crippen LogP contribution is -2.61. The van der Waals surface area contributed by atoms with Crippen LogP contribution < -0.4 is 5.32 Å². The summed E-state index contributed by atoms with van der Waals surface area (Å²) in [5.74, 6) is -3.59. The topological polar surface area (TPSA) is 164 Å². The average Bonchev–Trinajstić information content (AvgIpc) is 2.61. The molecule has 0 bridgehead atoms. The normalized spacial score (nSPS) is 25.7. The SMILES string of the molecule is CC(=O)O[C@@H]1[C@@H](OC(C)=O)[C@H](C)O[C@@H](OCCNC(=O)CCC(=O)O)[C@@H]1OC(C)=O. The summed E-state index contributed by atoms with van der Waals surface area (Å²) in [6, 6.07) is 0. The molecule has 1 heterocycles. The van der Waals surface area contributed by atoms with Crippen LogP contribution in [0.5, 0.6) is 0 Å². The van der Waals surface area contributed by atoms with Crippen molar-refractivity contribution >= 4 is 29.8 Å². The predicted molar refractivity (Wildman–Crippen MR) is 96.8 cm³/mol. The number of carbonyl (C=O) groups excluding carboxylic acids is 4. The first-order valence-corrected chi connectivity index (χ1v) is 9.28. The molecule has 1 rings (SSSR count). The van der Waals surface area contributed by atoms with E-state index in [-0.39, 0.29) is 26.0 Å². The molecular formula is C18H27NO11. The smallest absolute Gasteiger partial charge is 0.303 e. The van der Waals surface area contributed by atoms with Crippen LogP contribution >= 0.6 is 0 Å². The van der Waals surface area contributed by atoms with Gasteiger partial charge in [0.1, 0.15) is 0 Å². The van der Waals surface area contributed by atoms with E-state index in [0.717, 1.165) is 13.8 Å². The number of amides is 1. The van der Waals surface area contributed by atoms with Gasteiger partial charge in [0.05, 0.1) is 19.1 Å². The molecule has 12 nitrogen and oxygen atoms in total. The average molecular weight is 433 g/mol. The second-order valence-electron chi connectivity index (χ2n) is 6.55. The monoisotopic (exact) mass is 433 g/mol. The van der Waals surface area contributed by atoms with Crippen molar-refractivity contribution in [2.45, 2.75) is 71.2 Å². The number of hydrogen-bond donors (Lipinski definition) is 2. The summed E-state index contributed by atoms with van der Waals surface area (Å²) in [7, 11) is 0. The van der Waals surface area contributed by atoms with Gasteiger partial charge in [-0.3, -0.25) is 24.0 Å². The molecule has 1 saturated heterocycles. The minimum absolute atomic E-state index is 0.0328. The van der Waals surface area contributed by atoms with E-state index in [0.29, 0.717) is 0 Å². The standard InChI is InChI=1S/C18H27NO11/c1-9-15(28-10(2)20)16(29-11(3)21)17(30-12(4)22)18(27-9)26-8-7-19-13(23)5-6-14(24)25/h9,15-18H,5-8H2,1-4H3,(H,19,23)(H,24,25)/t9-,15-,16+,17+,18+/m0/s1. The highest BCUT2D eigenvalue weighted by molar-refractivity contribution is 5.80. The Balaban J connectivity index is 2.81. The van der Waals surface area contributed by atoms with Gasteiger partial charge in [-0.2, -0.15) is 0 Å². The Hall–Kier alpha value is -2.73. The molecule has 0 spiro atoms. The molecule has 0 aromatic carbocycles. The number of rotatable bonds is 10. The summed E-state index contributed by atoms with van der Waals surface area (Å²) in [5, 5.41) is 11.0. The number of nitrogens with one attached hydrogen (secondary N) is 1. The molecule has 1 fully saturated rings. The summed E-state index contributed by atoms with van der Waals surface area (Å²) in [6.45, 7) is 5.00. The van der Waals surface area contributed by atoms with Crippen molar-refractivity contribution in [3.8, 4) is 0 Å². The van der Waals surface area contributed by atoms with Crippen molar-refractivity contribution in [1.29, 1.82) is 0 Å². The van der Waals surface area contributed by atoms with Crippen LogP contribution in [-0.2, 0) is 47.7 Å². The quantitative estimate of drug-likeness (QED) is 0.260. The highest BCUT2D eigenvalue weighted by Gasteiger charge is 2.50. The lowest BCUT2D eigenvalue weighted by Gasteiger charge is -2.43. The van der Waals surface area contributed by atoms with Crippen LogP contribution in [0, 0.1) is 0 Å². The third-order valence-electron chi connectivity index (χ3n) is 3.91. The van der Waals surface area contributed by atoms with Crippen LogP contribution in [0.4, 0.5) is 0 Å². The number of carbonyl (C=O) groups is 5. The van der Waals surface area contributed by atoms with Gasteiger partial charge < -0.3 is 34.1 Å². The lowest BCUT2D eigenvalue weighted by molar-refractivity contribution is -0.300. The predicted octanol–water partition coefficient (Wildman–Crippen LogP) is -0.476. The number of esters is 3. The van der Waals surface area contributed by atoms with Gasteiger partial charge in [0.25, 0.3) is 0 Å². The zero-order chi connectivity index (χ0) is 22.8. The molecular weight excluding hydrogens is 406 g/mol. The van der Waals surface area contributed by atoms with Crippen LogP contribution in [0.3, 0.4) is 0 Å². The molecule has 5 atom stereocenters. The molecule has 0 radical (unpaired) electrons. The van der Waals surface area contributed by atoms with Gasteiger partial charge in [0, 0.05) is 33.7 Å². The molecule has 170 valence electrons. The molecule has 1 aliphatic rings. The van der Waals surface area contributed by atoms with Crippen LogP contribution in [0.15, 0.2) is 0 Å². The Morgan fingerprint density at radius 2 is 1.40 bits per heavy atom. The van der Waals surface area contributed by atoms with Gasteiger partial charge in [-0.25, -0.2) is 0 Å². The highest BCUT2D eigenvalue weighted by atomic mass is 16.7. The van der Waals surface area contributed by atoms with Crippen LogP contribution in [-0.4, -0.2) is 78.7 Å². The highest BCUT2D eigenvalue weighted by Crippen LogP contribution is 2.29. The van der Waals surface area contributed by atoms with E-state index >= 15 is 0 Å². The first-order valence-electron chi connectivity index (χ1n) is 9.28. The molecule has 30 heavy (non-hydrogen) atoms. The van der Waals surface area contributed by atoms with Gasteiger partial charge in [-0.15, -0.1) is 0 Å². The zero-order valence-electron chi connectivity index (χ0n) is 17.2. The number of carboxylic acids is 1. The van der Waals surface area contributed by atoms with Gasteiger partial charge in [-0.05, 0) is 6.92 Å². The number of aliphatic carboxylic acids is 1. The maximum Gasteiger partial charge on any atom is 0.303 e. The van der Waals surface area contributed by atoms with Crippen LogP contribution in [0.2, 0.25) is 0 Å². The third-order valence-corrected chi connectivity index (χ3v) is 3.91. The Morgan fingerprint density at radius 1 is 0.867 bits per heavy atom. The van der Waals surface area contributed by atoms with E-state index in [9.17, 15) is 24.0 Å². The first kappa shape index (κ1) is 25.3. The molecule has 0 saturated carbocycles. The van der Waals surface area contributed by atoms with E-state index in [1.807, 2.05) is 0 Å². The summed E-state index contributed by atoms with van der Waals surface area (Å²) < 4.78 is 26.8. The molecule has 12 heteroatoms. The van der Waals surface area contributed by atoms with E-state index in [1.165, 1.54) is 6.92 Å². The van der Waals surface area contributed by atoms with E-state index in [2.05, 4.69) is 5.32 Å². The van der Waals surface area contributed by atoms with Gasteiger partial charge >= 0.3 is 23.9 Å². The molecule has 0 aromatic heterocycles. The number of hydrogen-bond acceptors (Lipinski definition) is 10. The van der Waals surface area contributed by atoms with Crippen LogP contribution in [0.25, 0.3) is 0 Å².